The second-order valence-corrected chi connectivity index (χ2v) is 15.6. The lowest BCUT2D eigenvalue weighted by Crippen LogP contribution is -2.50. The molecule has 4 amide bonds. The third-order valence-corrected chi connectivity index (χ3v) is 12.1. The average Bonchev–Trinajstić information content (AvgIpc) is 4.06. The fourth-order valence-corrected chi connectivity index (χ4v) is 8.98. The molecule has 0 radical (unpaired) electrons. The van der Waals surface area contributed by atoms with Gasteiger partial charge in [-0.05, 0) is 98.7 Å². The number of methoxy groups -OCH3 is 2. The van der Waals surface area contributed by atoms with Crippen LogP contribution in [0.2, 0.25) is 0 Å². The van der Waals surface area contributed by atoms with Crippen molar-refractivity contribution in [1.82, 2.24) is 40.4 Å². The lowest BCUT2D eigenvalue weighted by atomic mass is 9.92. The number of imidazole rings is 2. The Labute approximate surface area is 336 Å². The Hall–Kier alpha value is -6.12. The largest absolute Gasteiger partial charge is 0.488 e. The first-order chi connectivity index (χ1) is 28.0. The van der Waals surface area contributed by atoms with Gasteiger partial charge in [-0.15, -0.1) is 0 Å². The number of nitrogens with one attached hydrogen (secondary N) is 4. The molecule has 3 aliphatic heterocycles. The zero-order valence-electron chi connectivity index (χ0n) is 33.7. The van der Waals surface area contributed by atoms with Crippen molar-refractivity contribution in [3.05, 3.63) is 65.9 Å². The highest BCUT2D eigenvalue weighted by atomic mass is 16.5. The topological polar surface area (TPSA) is 184 Å². The highest BCUT2D eigenvalue weighted by Gasteiger charge is 2.41. The first-order valence-corrected chi connectivity index (χ1v) is 20.1. The molecule has 58 heavy (non-hydrogen) atoms. The highest BCUT2D eigenvalue weighted by molar-refractivity contribution is 6.07. The van der Waals surface area contributed by atoms with E-state index in [1.165, 1.54) is 14.2 Å². The minimum absolute atomic E-state index is 0.00279. The quantitative estimate of drug-likeness (QED) is 0.122. The van der Waals surface area contributed by atoms with Gasteiger partial charge in [0.2, 0.25) is 11.8 Å². The van der Waals surface area contributed by atoms with Crippen LogP contribution in [-0.2, 0) is 25.7 Å². The number of carbonyl (C=O) groups is 4. The molecule has 2 saturated heterocycles. The standard InChI is InChI=1S/C43H50N8O7/c1-7-30(47-42(54)56-5)40(52)50-22(3)9-15-34(50)38-44-20-33(46-38)25-11-13-27-26(17-25)21-58-36-19-28-24(18-29(27)36)12-14-32-37(28)49-39(45-32)35-16-10-23(4)51(35)41(53)31(8-2)48-43(55)57-6/h11-14,17-20,22-23,30-31,34-35H,7-10,15-16,21H2,1-6H3,(H,44,46)(H,45,49)(H,47,54)(H,48,55)/t22-,23-,30-,31-,34-,35-/m0/s1. The smallest absolute Gasteiger partial charge is 0.407 e. The van der Waals surface area contributed by atoms with Crippen LogP contribution < -0.4 is 15.4 Å². The molecular formula is C43H50N8O7. The maximum Gasteiger partial charge on any atom is 0.407 e. The molecule has 0 spiro atoms. The van der Waals surface area contributed by atoms with Crippen LogP contribution in [0.5, 0.6) is 5.75 Å². The number of carbonyl (C=O) groups excluding carboxylic acids is 4. The van der Waals surface area contributed by atoms with Crippen molar-refractivity contribution in [2.75, 3.05) is 14.2 Å². The summed E-state index contributed by atoms with van der Waals surface area (Å²) >= 11 is 0. The molecule has 3 aliphatic rings. The van der Waals surface area contributed by atoms with Gasteiger partial charge >= 0.3 is 12.2 Å². The van der Waals surface area contributed by atoms with Gasteiger partial charge < -0.3 is 44.6 Å². The summed E-state index contributed by atoms with van der Waals surface area (Å²) in [7, 11) is 2.58. The van der Waals surface area contributed by atoms with Crippen molar-refractivity contribution in [1.29, 1.82) is 0 Å². The first-order valence-electron chi connectivity index (χ1n) is 20.1. The Kier molecular flexibility index (Phi) is 10.5. The average molecular weight is 791 g/mol. The number of ether oxygens (including phenoxy) is 3. The molecule has 8 rings (SSSR count). The molecular weight excluding hydrogens is 741 g/mol. The van der Waals surface area contributed by atoms with E-state index in [1.807, 2.05) is 49.8 Å². The highest BCUT2D eigenvalue weighted by Crippen LogP contribution is 2.44. The van der Waals surface area contributed by atoms with E-state index in [0.29, 0.717) is 31.1 Å². The number of H-pyrrole nitrogens is 2. The van der Waals surface area contributed by atoms with Crippen LogP contribution in [0, 0.1) is 0 Å². The fourth-order valence-electron chi connectivity index (χ4n) is 8.98. The summed E-state index contributed by atoms with van der Waals surface area (Å²) in [6, 6.07) is 12.7. The van der Waals surface area contributed by atoms with Gasteiger partial charge in [0.05, 0.1) is 49.2 Å². The SMILES string of the molecule is CC[C@H](NC(=O)OC)C(=O)N1[C@@H](C)CC[C@H]1c1ncc(-c2ccc3c(c2)COc2cc4c(ccc5nc([C@@H]6CC[C@H](C)N6C(=O)[C@H](CC)NC(=O)OC)[nH]c54)cc2-3)[nH]1. The molecule has 4 N–H and O–H groups in total. The van der Waals surface area contributed by atoms with Crippen LogP contribution in [0.25, 0.3) is 44.2 Å². The van der Waals surface area contributed by atoms with E-state index in [1.54, 1.807) is 0 Å². The number of benzene rings is 3. The Morgan fingerprint density at radius 1 is 0.810 bits per heavy atom. The van der Waals surface area contributed by atoms with Gasteiger partial charge in [0, 0.05) is 23.0 Å². The predicted molar refractivity (Wildman–Crippen MR) is 217 cm³/mol. The zero-order valence-corrected chi connectivity index (χ0v) is 33.7. The van der Waals surface area contributed by atoms with Gasteiger partial charge in [-0.25, -0.2) is 19.6 Å². The van der Waals surface area contributed by atoms with Gasteiger partial charge in [-0.1, -0.05) is 32.0 Å². The van der Waals surface area contributed by atoms with Crippen molar-refractivity contribution >= 4 is 45.8 Å². The van der Waals surface area contributed by atoms with Gasteiger partial charge in [-0.3, -0.25) is 9.59 Å². The minimum Gasteiger partial charge on any atom is -0.488 e. The third kappa shape index (κ3) is 6.85. The second kappa shape index (κ2) is 15.7. The first kappa shape index (κ1) is 38.7. The van der Waals surface area contributed by atoms with Gasteiger partial charge in [-0.2, -0.15) is 0 Å². The Morgan fingerprint density at radius 3 is 2.07 bits per heavy atom. The summed E-state index contributed by atoms with van der Waals surface area (Å²) in [4.78, 5) is 71.8. The number of hydrogen-bond donors (Lipinski definition) is 4. The van der Waals surface area contributed by atoms with Crippen LogP contribution in [0.1, 0.15) is 95.5 Å². The summed E-state index contributed by atoms with van der Waals surface area (Å²) in [6.45, 7) is 8.17. The normalized spacial score (nSPS) is 20.9. The Bertz CT molecular complexity index is 2410. The number of amides is 4. The zero-order chi connectivity index (χ0) is 40.8. The summed E-state index contributed by atoms with van der Waals surface area (Å²) in [5, 5.41) is 7.36. The molecule has 6 atom stereocenters. The lowest BCUT2D eigenvalue weighted by Gasteiger charge is -2.31. The monoisotopic (exact) mass is 790 g/mol. The van der Waals surface area contributed by atoms with Crippen LogP contribution in [0.15, 0.2) is 48.7 Å². The van der Waals surface area contributed by atoms with Gasteiger partial charge in [0.25, 0.3) is 0 Å². The van der Waals surface area contributed by atoms with E-state index in [0.717, 1.165) is 81.2 Å². The van der Waals surface area contributed by atoms with Crippen molar-refractivity contribution in [2.45, 2.75) is 109 Å². The maximum absolute atomic E-state index is 13.7. The predicted octanol–water partition coefficient (Wildman–Crippen LogP) is 7.04. The third-order valence-electron chi connectivity index (χ3n) is 12.1. The summed E-state index contributed by atoms with van der Waals surface area (Å²) < 4.78 is 15.9. The Balaban J connectivity index is 1.04. The van der Waals surface area contributed by atoms with E-state index >= 15 is 0 Å². The number of likely N-dealkylation sites (tertiary alicyclic amines) is 2. The molecule has 15 heteroatoms. The van der Waals surface area contributed by atoms with E-state index in [-0.39, 0.29) is 36.0 Å². The molecule has 5 heterocycles. The molecule has 15 nitrogen and oxygen atoms in total. The molecule has 5 aromatic rings. The number of fused-ring (bicyclic) bond motifs is 6. The number of aromatic amines is 2. The second-order valence-electron chi connectivity index (χ2n) is 15.6. The van der Waals surface area contributed by atoms with Crippen molar-refractivity contribution in [2.24, 2.45) is 0 Å². The van der Waals surface area contributed by atoms with Gasteiger partial charge in [0.1, 0.15) is 36.1 Å². The molecule has 2 aromatic heterocycles. The summed E-state index contributed by atoms with van der Waals surface area (Å²) in [6.07, 6.45) is 4.60. The Morgan fingerprint density at radius 2 is 1.45 bits per heavy atom. The molecule has 0 unspecified atom stereocenters. The summed E-state index contributed by atoms with van der Waals surface area (Å²) in [5.74, 6) is 1.91. The van der Waals surface area contributed by atoms with Crippen molar-refractivity contribution in [3.8, 4) is 28.1 Å². The number of aromatic nitrogens is 4. The van der Waals surface area contributed by atoms with Crippen LogP contribution in [-0.4, -0.2) is 92.1 Å². The van der Waals surface area contributed by atoms with Crippen molar-refractivity contribution < 1.29 is 33.4 Å². The van der Waals surface area contributed by atoms with Crippen LogP contribution >= 0.6 is 0 Å². The molecule has 304 valence electrons. The molecule has 0 saturated carbocycles. The molecule has 0 bridgehead atoms. The minimum atomic E-state index is -0.692. The molecule has 2 fully saturated rings. The number of nitrogens with zero attached hydrogens (tertiary/aromatic N) is 4. The van der Waals surface area contributed by atoms with E-state index in [2.05, 4.69) is 57.0 Å². The van der Waals surface area contributed by atoms with Crippen molar-refractivity contribution in [3.63, 3.8) is 0 Å². The maximum atomic E-state index is 13.7. The molecule has 0 aliphatic carbocycles. The number of rotatable bonds is 9. The van der Waals surface area contributed by atoms with E-state index in [9.17, 15) is 19.2 Å². The lowest BCUT2D eigenvalue weighted by molar-refractivity contribution is -0.137. The number of hydrogen-bond acceptors (Lipinski definition) is 9. The van der Waals surface area contributed by atoms with Crippen LogP contribution in [0.3, 0.4) is 0 Å². The van der Waals surface area contributed by atoms with Gasteiger partial charge in [0.15, 0.2) is 0 Å². The summed E-state index contributed by atoms with van der Waals surface area (Å²) in [5.41, 5.74) is 6.61. The number of alkyl carbamates (subject to hydrolysis) is 2. The fraction of sp³-hybridized carbons (Fsp3) is 0.442. The van der Waals surface area contributed by atoms with Crippen LogP contribution in [0.4, 0.5) is 9.59 Å². The van der Waals surface area contributed by atoms with E-state index in [4.69, 9.17) is 24.2 Å². The molecule has 3 aromatic carbocycles. The van der Waals surface area contributed by atoms with E-state index < -0.39 is 24.3 Å².